The summed E-state index contributed by atoms with van der Waals surface area (Å²) in [6.07, 6.45) is 2.13. The molecule has 2 saturated heterocycles. The molecule has 4 nitrogen and oxygen atoms in total. The monoisotopic (exact) mass is 326 g/mol. The van der Waals surface area contributed by atoms with E-state index in [9.17, 15) is 4.79 Å². The van der Waals surface area contributed by atoms with Crippen LogP contribution in [-0.2, 0) is 11.3 Å². The van der Waals surface area contributed by atoms with Crippen LogP contribution in [0.2, 0.25) is 0 Å². The van der Waals surface area contributed by atoms with Gasteiger partial charge in [0, 0.05) is 36.0 Å². The molecule has 1 atom stereocenters. The Kier molecular flexibility index (Phi) is 5.08. The summed E-state index contributed by atoms with van der Waals surface area (Å²) in [5, 5.41) is 0.945. The van der Waals surface area contributed by atoms with E-state index < -0.39 is 0 Å². The zero-order valence-corrected chi connectivity index (χ0v) is 14.0. The van der Waals surface area contributed by atoms with Gasteiger partial charge in [0.15, 0.2) is 5.06 Å². The van der Waals surface area contributed by atoms with Crippen molar-refractivity contribution in [2.45, 2.75) is 25.4 Å². The summed E-state index contributed by atoms with van der Waals surface area (Å²) in [6, 6.07) is 4.21. The van der Waals surface area contributed by atoms with Crippen LogP contribution >= 0.6 is 23.1 Å². The maximum absolute atomic E-state index is 12.7. The number of carbonyl (C=O) groups is 1. The fraction of sp³-hybridized carbons (Fsp3) is 0.667. The number of nitrogens with zero attached hydrogens (tertiary/aromatic N) is 2. The number of thiophene rings is 1. The van der Waals surface area contributed by atoms with Gasteiger partial charge in [0.1, 0.15) is 0 Å². The Morgan fingerprint density at radius 1 is 1.33 bits per heavy atom. The predicted molar refractivity (Wildman–Crippen MR) is 88.2 cm³/mol. The lowest BCUT2D eigenvalue weighted by Crippen LogP contribution is -2.48. The molecular weight excluding hydrogens is 304 g/mol. The molecule has 2 aliphatic rings. The predicted octanol–water partition coefficient (Wildman–Crippen LogP) is 2.30. The van der Waals surface area contributed by atoms with Crippen LogP contribution in [0.4, 0.5) is 0 Å². The van der Waals surface area contributed by atoms with Crippen LogP contribution in [0.3, 0.4) is 0 Å². The zero-order chi connectivity index (χ0) is 14.7. The average Bonchev–Trinajstić information content (AvgIpc) is 3.17. The lowest BCUT2D eigenvalue weighted by molar-refractivity contribution is -0.135. The first kappa shape index (κ1) is 15.2. The first-order valence-corrected chi connectivity index (χ1v) is 9.48. The molecule has 1 amide bonds. The number of rotatable bonds is 4. The SMILES string of the molecule is COc1ccc(CN2CCC[C@H]2C(=O)N2CCSCC2)s1. The number of hydrogen-bond acceptors (Lipinski definition) is 5. The second-order valence-corrected chi connectivity index (χ2v) is 7.85. The van der Waals surface area contributed by atoms with E-state index in [1.54, 1.807) is 18.4 Å². The molecule has 0 aromatic carbocycles. The highest BCUT2D eigenvalue weighted by molar-refractivity contribution is 7.99. The number of ether oxygens (including phenoxy) is 1. The minimum atomic E-state index is 0.0844. The van der Waals surface area contributed by atoms with Crippen LogP contribution in [0.5, 0.6) is 5.06 Å². The van der Waals surface area contributed by atoms with Crippen molar-refractivity contribution in [3.05, 3.63) is 17.0 Å². The van der Waals surface area contributed by atoms with Crippen LogP contribution in [0.25, 0.3) is 0 Å². The van der Waals surface area contributed by atoms with E-state index in [-0.39, 0.29) is 6.04 Å². The van der Waals surface area contributed by atoms with E-state index in [0.29, 0.717) is 5.91 Å². The summed E-state index contributed by atoms with van der Waals surface area (Å²) in [6.45, 7) is 3.73. The third kappa shape index (κ3) is 3.55. The van der Waals surface area contributed by atoms with Gasteiger partial charge >= 0.3 is 0 Å². The smallest absolute Gasteiger partial charge is 0.239 e. The Labute approximate surface area is 134 Å². The van der Waals surface area contributed by atoms with Crippen molar-refractivity contribution >= 4 is 29.0 Å². The molecule has 0 spiro atoms. The van der Waals surface area contributed by atoms with Crippen LogP contribution in [0.1, 0.15) is 17.7 Å². The van der Waals surface area contributed by atoms with Gasteiger partial charge in [-0.15, -0.1) is 11.3 Å². The Bertz CT molecular complexity index is 486. The molecule has 0 bridgehead atoms. The molecule has 1 aromatic heterocycles. The van der Waals surface area contributed by atoms with Gasteiger partial charge in [0.25, 0.3) is 0 Å². The highest BCUT2D eigenvalue weighted by Crippen LogP contribution is 2.28. The summed E-state index contributed by atoms with van der Waals surface area (Å²) in [5.74, 6) is 2.51. The van der Waals surface area contributed by atoms with E-state index >= 15 is 0 Å². The largest absolute Gasteiger partial charge is 0.487 e. The van der Waals surface area contributed by atoms with E-state index in [2.05, 4.69) is 15.9 Å². The van der Waals surface area contributed by atoms with Gasteiger partial charge < -0.3 is 9.64 Å². The standard InChI is InChI=1S/C15H22N2O2S2/c1-19-14-5-4-12(21-14)11-17-6-2-3-13(17)15(18)16-7-9-20-10-8-16/h4-5,13H,2-3,6-11H2,1H3/t13-/m0/s1. The molecule has 0 saturated carbocycles. The maximum atomic E-state index is 12.7. The van der Waals surface area contributed by atoms with E-state index in [1.807, 2.05) is 17.8 Å². The van der Waals surface area contributed by atoms with Gasteiger partial charge in [-0.25, -0.2) is 0 Å². The maximum Gasteiger partial charge on any atom is 0.239 e. The van der Waals surface area contributed by atoms with Crippen molar-refractivity contribution in [3.8, 4) is 5.06 Å². The van der Waals surface area contributed by atoms with Crippen molar-refractivity contribution in [2.75, 3.05) is 38.2 Å². The molecule has 2 aliphatic heterocycles. The Morgan fingerprint density at radius 3 is 2.86 bits per heavy atom. The Balaban J connectivity index is 1.62. The third-order valence-electron chi connectivity index (χ3n) is 4.17. The molecule has 0 unspecified atom stereocenters. The van der Waals surface area contributed by atoms with Crippen molar-refractivity contribution in [1.82, 2.24) is 9.80 Å². The van der Waals surface area contributed by atoms with Crippen molar-refractivity contribution in [1.29, 1.82) is 0 Å². The first-order valence-electron chi connectivity index (χ1n) is 7.51. The normalized spacial score (nSPS) is 23.5. The average molecular weight is 326 g/mol. The van der Waals surface area contributed by atoms with Crippen molar-refractivity contribution in [3.63, 3.8) is 0 Å². The lowest BCUT2D eigenvalue weighted by Gasteiger charge is -2.32. The molecular formula is C15H22N2O2S2. The second kappa shape index (κ2) is 7.03. The van der Waals surface area contributed by atoms with Crippen LogP contribution in [0.15, 0.2) is 12.1 Å². The van der Waals surface area contributed by atoms with Crippen molar-refractivity contribution < 1.29 is 9.53 Å². The summed E-state index contributed by atoms with van der Waals surface area (Å²) in [7, 11) is 1.70. The number of methoxy groups -OCH3 is 1. The summed E-state index contributed by atoms with van der Waals surface area (Å²) in [4.78, 5) is 18.4. The fourth-order valence-electron chi connectivity index (χ4n) is 3.04. The van der Waals surface area contributed by atoms with Gasteiger partial charge in [0.05, 0.1) is 13.2 Å². The number of likely N-dealkylation sites (tertiary alicyclic amines) is 1. The Hall–Kier alpha value is -0.720. The van der Waals surface area contributed by atoms with Gasteiger partial charge in [-0.2, -0.15) is 11.8 Å². The number of carbonyl (C=O) groups excluding carboxylic acids is 1. The summed E-state index contributed by atoms with van der Waals surface area (Å²) < 4.78 is 5.25. The molecule has 3 heterocycles. The highest BCUT2D eigenvalue weighted by Gasteiger charge is 2.34. The van der Waals surface area contributed by atoms with Gasteiger partial charge in [0.2, 0.25) is 5.91 Å². The molecule has 0 radical (unpaired) electrons. The zero-order valence-electron chi connectivity index (χ0n) is 12.4. The first-order chi connectivity index (χ1) is 10.3. The summed E-state index contributed by atoms with van der Waals surface area (Å²) >= 11 is 3.62. The fourth-order valence-corrected chi connectivity index (χ4v) is 4.79. The molecule has 1 aromatic rings. The molecule has 21 heavy (non-hydrogen) atoms. The molecule has 3 rings (SSSR count). The molecule has 2 fully saturated rings. The van der Waals surface area contributed by atoms with Crippen LogP contribution in [0, 0.1) is 0 Å². The van der Waals surface area contributed by atoms with Gasteiger partial charge in [-0.3, -0.25) is 9.69 Å². The quantitative estimate of drug-likeness (QED) is 0.850. The minimum absolute atomic E-state index is 0.0844. The van der Waals surface area contributed by atoms with Crippen molar-refractivity contribution in [2.24, 2.45) is 0 Å². The van der Waals surface area contributed by atoms with E-state index in [1.165, 1.54) is 4.88 Å². The van der Waals surface area contributed by atoms with E-state index in [4.69, 9.17) is 4.74 Å². The third-order valence-corrected chi connectivity index (χ3v) is 6.14. The van der Waals surface area contributed by atoms with Crippen LogP contribution in [-0.4, -0.2) is 60.0 Å². The minimum Gasteiger partial charge on any atom is -0.487 e. The summed E-state index contributed by atoms with van der Waals surface area (Å²) in [5.41, 5.74) is 0. The van der Waals surface area contributed by atoms with Gasteiger partial charge in [-0.1, -0.05) is 0 Å². The van der Waals surface area contributed by atoms with Crippen LogP contribution < -0.4 is 4.74 Å². The number of amides is 1. The second-order valence-electron chi connectivity index (χ2n) is 5.49. The molecule has 116 valence electrons. The molecule has 6 heteroatoms. The topological polar surface area (TPSA) is 32.8 Å². The highest BCUT2D eigenvalue weighted by atomic mass is 32.2. The molecule has 0 aliphatic carbocycles. The van der Waals surface area contributed by atoms with E-state index in [0.717, 1.165) is 55.6 Å². The number of thioether (sulfide) groups is 1. The number of hydrogen-bond donors (Lipinski definition) is 0. The molecule has 0 N–H and O–H groups in total. The van der Waals surface area contributed by atoms with Gasteiger partial charge in [-0.05, 0) is 31.5 Å². The lowest BCUT2D eigenvalue weighted by atomic mass is 10.2. The Morgan fingerprint density at radius 2 is 2.14 bits per heavy atom.